The van der Waals surface area contributed by atoms with Gasteiger partial charge in [-0.1, -0.05) is 37.6 Å². The van der Waals surface area contributed by atoms with E-state index in [0.717, 1.165) is 10.6 Å². The minimum Gasteiger partial charge on any atom is -0.0958 e. The molecule has 0 heterocycles. The summed E-state index contributed by atoms with van der Waals surface area (Å²) in [5.41, 5.74) is 2.25. The van der Waals surface area contributed by atoms with Crippen LogP contribution in [-0.4, -0.2) is 0 Å². The second kappa shape index (κ2) is 3.82. The number of hydrogen-bond donors (Lipinski definition) is 0. The maximum Gasteiger partial charge on any atom is 0.0187 e. The monoisotopic (exact) mass is 158 g/mol. The van der Waals surface area contributed by atoms with E-state index in [1.54, 1.807) is 0 Å². The van der Waals surface area contributed by atoms with E-state index < -0.39 is 0 Å². The molecule has 0 aromatic carbocycles. The van der Waals surface area contributed by atoms with E-state index in [4.69, 9.17) is 11.6 Å². The number of halogens is 1. The highest BCUT2D eigenvalue weighted by molar-refractivity contribution is 6.29. The summed E-state index contributed by atoms with van der Waals surface area (Å²) in [5, 5.41) is 0.863. The first kappa shape index (κ1) is 9.77. The van der Waals surface area contributed by atoms with E-state index in [-0.39, 0.29) is 0 Å². The van der Waals surface area contributed by atoms with Gasteiger partial charge in [-0.2, -0.15) is 0 Å². The molecule has 0 aromatic heterocycles. The molecular weight excluding hydrogens is 144 g/mol. The van der Waals surface area contributed by atoms with Gasteiger partial charge < -0.3 is 0 Å². The van der Waals surface area contributed by atoms with E-state index in [2.05, 4.69) is 20.4 Å². The third-order valence-corrected chi connectivity index (χ3v) is 1.61. The third-order valence-electron chi connectivity index (χ3n) is 1.41. The predicted molar refractivity (Wildman–Crippen MR) is 48.2 cm³/mol. The normalized spacial score (nSPS) is 13.4. The van der Waals surface area contributed by atoms with Crippen LogP contribution in [0.2, 0.25) is 0 Å². The zero-order valence-electron chi connectivity index (χ0n) is 7.16. The Morgan fingerprint density at radius 1 is 1.30 bits per heavy atom. The van der Waals surface area contributed by atoms with Crippen molar-refractivity contribution >= 4 is 11.6 Å². The van der Waals surface area contributed by atoms with Crippen molar-refractivity contribution in [2.24, 2.45) is 5.92 Å². The lowest BCUT2D eigenvalue weighted by Crippen LogP contribution is -1.95. The van der Waals surface area contributed by atoms with Gasteiger partial charge in [-0.15, -0.1) is 0 Å². The standard InChI is InChI=1S/C9H15Cl/c1-6(2)9(7(3)4)8(5)10/h7H,1H2,2-5H3/b9-8-. The van der Waals surface area contributed by atoms with Crippen LogP contribution in [0.1, 0.15) is 27.7 Å². The van der Waals surface area contributed by atoms with Gasteiger partial charge in [-0.25, -0.2) is 0 Å². The second-order valence-electron chi connectivity index (χ2n) is 2.88. The summed E-state index contributed by atoms with van der Waals surface area (Å²) in [6.45, 7) is 12.0. The minimum atomic E-state index is 0.481. The highest BCUT2D eigenvalue weighted by Gasteiger charge is 2.05. The van der Waals surface area contributed by atoms with Crippen LogP contribution in [0.5, 0.6) is 0 Å². The van der Waals surface area contributed by atoms with E-state index in [1.165, 1.54) is 5.57 Å². The average molecular weight is 159 g/mol. The van der Waals surface area contributed by atoms with E-state index in [1.807, 2.05) is 13.8 Å². The second-order valence-corrected chi connectivity index (χ2v) is 3.45. The zero-order valence-corrected chi connectivity index (χ0v) is 7.92. The fraction of sp³-hybridized carbons (Fsp3) is 0.556. The number of hydrogen-bond acceptors (Lipinski definition) is 0. The van der Waals surface area contributed by atoms with E-state index in [9.17, 15) is 0 Å². The van der Waals surface area contributed by atoms with Crippen LogP contribution >= 0.6 is 11.6 Å². The summed E-state index contributed by atoms with van der Waals surface area (Å²) >= 11 is 5.85. The number of allylic oxidation sites excluding steroid dienone is 3. The van der Waals surface area contributed by atoms with Crippen molar-refractivity contribution in [1.82, 2.24) is 0 Å². The molecule has 0 spiro atoms. The molecule has 0 fully saturated rings. The van der Waals surface area contributed by atoms with Crippen LogP contribution < -0.4 is 0 Å². The van der Waals surface area contributed by atoms with E-state index in [0.29, 0.717) is 5.92 Å². The Labute approximate surface area is 68.6 Å². The Bertz CT molecular complexity index is 160. The molecule has 0 saturated carbocycles. The van der Waals surface area contributed by atoms with Crippen molar-refractivity contribution in [3.63, 3.8) is 0 Å². The Morgan fingerprint density at radius 2 is 1.70 bits per heavy atom. The van der Waals surface area contributed by atoms with Crippen molar-refractivity contribution in [3.05, 3.63) is 22.8 Å². The van der Waals surface area contributed by atoms with Crippen LogP contribution in [0, 0.1) is 5.92 Å². The number of rotatable bonds is 2. The molecule has 0 aliphatic carbocycles. The molecule has 0 aromatic rings. The van der Waals surface area contributed by atoms with Crippen molar-refractivity contribution in [3.8, 4) is 0 Å². The van der Waals surface area contributed by atoms with Gasteiger partial charge in [0.2, 0.25) is 0 Å². The smallest absolute Gasteiger partial charge is 0.0187 e. The van der Waals surface area contributed by atoms with Gasteiger partial charge in [-0.3, -0.25) is 0 Å². The summed E-state index contributed by atoms with van der Waals surface area (Å²) in [6, 6.07) is 0. The molecule has 0 amide bonds. The van der Waals surface area contributed by atoms with Crippen LogP contribution in [0.25, 0.3) is 0 Å². The summed E-state index contributed by atoms with van der Waals surface area (Å²) in [5.74, 6) is 0.481. The van der Waals surface area contributed by atoms with Crippen LogP contribution in [-0.2, 0) is 0 Å². The van der Waals surface area contributed by atoms with Crippen LogP contribution in [0.3, 0.4) is 0 Å². The fourth-order valence-corrected chi connectivity index (χ4v) is 1.56. The van der Waals surface area contributed by atoms with Crippen LogP contribution in [0.15, 0.2) is 22.8 Å². The van der Waals surface area contributed by atoms with Gasteiger partial charge in [0, 0.05) is 5.03 Å². The summed E-state index contributed by atoms with van der Waals surface area (Å²) < 4.78 is 0. The molecule has 0 unspecified atom stereocenters. The first-order valence-corrected chi connectivity index (χ1v) is 3.86. The van der Waals surface area contributed by atoms with Crippen LogP contribution in [0.4, 0.5) is 0 Å². The van der Waals surface area contributed by atoms with Gasteiger partial charge in [0.1, 0.15) is 0 Å². The highest BCUT2D eigenvalue weighted by atomic mass is 35.5. The van der Waals surface area contributed by atoms with Gasteiger partial charge in [0.25, 0.3) is 0 Å². The molecule has 0 bridgehead atoms. The lowest BCUT2D eigenvalue weighted by atomic mass is 9.97. The largest absolute Gasteiger partial charge is 0.0958 e. The molecule has 0 nitrogen and oxygen atoms in total. The summed E-state index contributed by atoms with van der Waals surface area (Å²) in [7, 11) is 0. The molecule has 0 rings (SSSR count). The molecule has 0 saturated heterocycles. The molecule has 0 aliphatic rings. The van der Waals surface area contributed by atoms with Crippen molar-refractivity contribution in [2.45, 2.75) is 27.7 Å². The Kier molecular flexibility index (Phi) is 3.73. The molecule has 0 atom stereocenters. The molecule has 10 heavy (non-hydrogen) atoms. The van der Waals surface area contributed by atoms with Gasteiger partial charge >= 0.3 is 0 Å². The third kappa shape index (κ3) is 2.57. The quantitative estimate of drug-likeness (QED) is 0.538. The van der Waals surface area contributed by atoms with Crippen molar-refractivity contribution in [2.75, 3.05) is 0 Å². The molecule has 0 radical (unpaired) electrons. The molecule has 58 valence electrons. The molecule has 0 N–H and O–H groups in total. The molecule has 0 aliphatic heterocycles. The van der Waals surface area contributed by atoms with Gasteiger partial charge in [0.05, 0.1) is 0 Å². The Morgan fingerprint density at radius 3 is 1.70 bits per heavy atom. The maximum absolute atomic E-state index is 5.85. The first-order chi connectivity index (χ1) is 4.46. The van der Waals surface area contributed by atoms with Gasteiger partial charge in [0.15, 0.2) is 0 Å². The Balaban J connectivity index is 4.61. The predicted octanol–water partition coefficient (Wildman–Crippen LogP) is 3.73. The topological polar surface area (TPSA) is 0 Å². The van der Waals surface area contributed by atoms with Crippen molar-refractivity contribution in [1.29, 1.82) is 0 Å². The maximum atomic E-state index is 5.85. The van der Waals surface area contributed by atoms with E-state index >= 15 is 0 Å². The average Bonchev–Trinajstić information content (AvgIpc) is 1.59. The molecule has 1 heteroatoms. The SMILES string of the molecule is C=C(C)/C(=C(\C)Cl)C(C)C. The fourth-order valence-electron chi connectivity index (χ4n) is 1.18. The lowest BCUT2D eigenvalue weighted by Gasteiger charge is -2.11. The highest BCUT2D eigenvalue weighted by Crippen LogP contribution is 2.23. The first-order valence-electron chi connectivity index (χ1n) is 3.49. The lowest BCUT2D eigenvalue weighted by molar-refractivity contribution is 0.774. The van der Waals surface area contributed by atoms with Gasteiger partial charge in [-0.05, 0) is 25.3 Å². The Hall–Kier alpha value is -0.230. The zero-order chi connectivity index (χ0) is 8.31. The minimum absolute atomic E-state index is 0.481. The molecular formula is C9H15Cl. The van der Waals surface area contributed by atoms with Crippen molar-refractivity contribution < 1.29 is 0 Å². The summed E-state index contributed by atoms with van der Waals surface area (Å²) in [4.78, 5) is 0. The summed E-state index contributed by atoms with van der Waals surface area (Å²) in [6.07, 6.45) is 0.